The second kappa shape index (κ2) is 3.71. The van der Waals surface area contributed by atoms with Crippen molar-refractivity contribution in [3.05, 3.63) is 38.9 Å². The highest BCUT2D eigenvalue weighted by Crippen LogP contribution is 2.20. The van der Waals surface area contributed by atoms with Crippen molar-refractivity contribution in [2.24, 2.45) is 0 Å². The molecule has 0 saturated carbocycles. The summed E-state index contributed by atoms with van der Waals surface area (Å²) in [5.41, 5.74) is 0.992. The minimum Gasteiger partial charge on any atom is -0.308 e. The van der Waals surface area contributed by atoms with E-state index in [1.54, 1.807) is 6.07 Å². The number of aromatic amines is 1. The van der Waals surface area contributed by atoms with Crippen LogP contribution in [0.15, 0.2) is 27.5 Å². The van der Waals surface area contributed by atoms with Gasteiger partial charge in [-0.1, -0.05) is 15.9 Å². The number of rotatable bonds is 1. The zero-order chi connectivity index (χ0) is 10.1. The van der Waals surface area contributed by atoms with Gasteiger partial charge in [0, 0.05) is 15.6 Å². The van der Waals surface area contributed by atoms with E-state index in [-0.39, 0.29) is 11.6 Å². The summed E-state index contributed by atoms with van der Waals surface area (Å²) in [7, 11) is 0. The van der Waals surface area contributed by atoms with Gasteiger partial charge in [0.2, 0.25) is 0 Å². The number of benzene rings is 1. The minimum absolute atomic E-state index is 0.269. The summed E-state index contributed by atoms with van der Waals surface area (Å²) in [6, 6.07) is 5.51. The molecule has 0 atom stereocenters. The average Bonchev–Trinajstić information content (AvgIpc) is 2.17. The molecule has 0 unspecified atom stereocenters. The average molecular weight is 274 g/mol. The quantitative estimate of drug-likeness (QED) is 0.811. The van der Waals surface area contributed by atoms with Crippen LogP contribution in [0.4, 0.5) is 0 Å². The van der Waals surface area contributed by atoms with E-state index in [4.69, 9.17) is 11.6 Å². The molecule has 1 N–H and O–H groups in total. The third kappa shape index (κ3) is 1.67. The Kier molecular flexibility index (Phi) is 2.56. The third-order valence-corrected chi connectivity index (χ3v) is 2.66. The van der Waals surface area contributed by atoms with Gasteiger partial charge in [0.05, 0.1) is 11.4 Å². The highest BCUT2D eigenvalue weighted by molar-refractivity contribution is 9.10. The molecule has 1 aromatic heterocycles. The third-order valence-electron chi connectivity index (χ3n) is 1.90. The predicted molar refractivity (Wildman–Crippen MR) is 59.6 cm³/mol. The molecular formula is C9H6BrClN2O. The molecule has 0 saturated heterocycles. The highest BCUT2D eigenvalue weighted by Gasteiger charge is 2.03. The molecule has 5 heteroatoms. The van der Waals surface area contributed by atoms with E-state index < -0.39 is 0 Å². The van der Waals surface area contributed by atoms with E-state index in [9.17, 15) is 4.79 Å². The van der Waals surface area contributed by atoms with Gasteiger partial charge >= 0.3 is 5.69 Å². The van der Waals surface area contributed by atoms with E-state index in [1.807, 2.05) is 12.1 Å². The Morgan fingerprint density at radius 3 is 3.00 bits per heavy atom. The Morgan fingerprint density at radius 2 is 2.29 bits per heavy atom. The van der Waals surface area contributed by atoms with Crippen LogP contribution in [-0.2, 0) is 5.88 Å². The van der Waals surface area contributed by atoms with E-state index in [1.165, 1.54) is 0 Å². The molecule has 2 aromatic rings. The van der Waals surface area contributed by atoms with Crippen molar-refractivity contribution in [2.45, 2.75) is 5.88 Å². The maximum atomic E-state index is 11.1. The summed E-state index contributed by atoms with van der Waals surface area (Å²) in [5, 5.41) is 0.869. The van der Waals surface area contributed by atoms with Crippen molar-refractivity contribution in [2.75, 3.05) is 0 Å². The fourth-order valence-electron chi connectivity index (χ4n) is 1.29. The number of aromatic nitrogens is 2. The van der Waals surface area contributed by atoms with Crippen LogP contribution in [0.2, 0.25) is 0 Å². The van der Waals surface area contributed by atoms with Crippen molar-refractivity contribution in [3.8, 4) is 0 Å². The lowest BCUT2D eigenvalue weighted by Gasteiger charge is -2.02. The van der Waals surface area contributed by atoms with Gasteiger partial charge in [0.25, 0.3) is 0 Å². The van der Waals surface area contributed by atoms with Gasteiger partial charge in [-0.05, 0) is 18.2 Å². The number of halogens is 2. The molecule has 1 heterocycles. The molecule has 0 aliphatic rings. The maximum Gasteiger partial charge on any atom is 0.345 e. The molecule has 1 aromatic carbocycles. The lowest BCUT2D eigenvalue weighted by atomic mass is 10.2. The van der Waals surface area contributed by atoms with Crippen LogP contribution in [0.5, 0.6) is 0 Å². The molecule has 2 rings (SSSR count). The van der Waals surface area contributed by atoms with Crippen molar-refractivity contribution < 1.29 is 0 Å². The zero-order valence-corrected chi connectivity index (χ0v) is 9.39. The van der Waals surface area contributed by atoms with Gasteiger partial charge < -0.3 is 4.98 Å². The number of hydrogen-bond acceptors (Lipinski definition) is 2. The molecule has 0 bridgehead atoms. The van der Waals surface area contributed by atoms with Crippen molar-refractivity contribution in [1.82, 2.24) is 9.97 Å². The summed E-state index contributed by atoms with van der Waals surface area (Å²) < 4.78 is 0.935. The van der Waals surface area contributed by atoms with Crippen LogP contribution < -0.4 is 5.69 Å². The lowest BCUT2D eigenvalue weighted by Crippen LogP contribution is -2.12. The first-order valence-corrected chi connectivity index (χ1v) is 5.28. The smallest absolute Gasteiger partial charge is 0.308 e. The van der Waals surface area contributed by atoms with E-state index >= 15 is 0 Å². The Morgan fingerprint density at radius 1 is 1.50 bits per heavy atom. The number of fused-ring (bicyclic) bond motifs is 1. The van der Waals surface area contributed by atoms with E-state index in [0.717, 1.165) is 9.86 Å². The summed E-state index contributed by atoms with van der Waals surface area (Å²) in [4.78, 5) is 17.6. The van der Waals surface area contributed by atoms with E-state index in [2.05, 4.69) is 25.9 Å². The van der Waals surface area contributed by atoms with Crippen LogP contribution in [0.1, 0.15) is 5.69 Å². The summed E-state index contributed by atoms with van der Waals surface area (Å²) in [6.07, 6.45) is 0. The molecule has 0 radical (unpaired) electrons. The first kappa shape index (κ1) is 9.68. The molecule has 72 valence electrons. The number of nitrogens with one attached hydrogen (secondary N) is 1. The predicted octanol–water partition coefficient (Wildman–Crippen LogP) is 2.42. The monoisotopic (exact) mass is 272 g/mol. The minimum atomic E-state index is -0.365. The van der Waals surface area contributed by atoms with Gasteiger partial charge in [0.1, 0.15) is 0 Å². The molecule has 3 nitrogen and oxygen atoms in total. The van der Waals surface area contributed by atoms with Gasteiger partial charge in [-0.25, -0.2) is 4.79 Å². The second-order valence-electron chi connectivity index (χ2n) is 2.82. The second-order valence-corrected chi connectivity index (χ2v) is 4.00. The molecule has 0 amide bonds. The Hall–Kier alpha value is -0.870. The van der Waals surface area contributed by atoms with Crippen LogP contribution in [0, 0.1) is 0 Å². The van der Waals surface area contributed by atoms with Crippen molar-refractivity contribution in [1.29, 1.82) is 0 Å². The van der Waals surface area contributed by atoms with Crippen LogP contribution in [-0.4, -0.2) is 9.97 Å². The number of H-pyrrole nitrogens is 1. The first-order chi connectivity index (χ1) is 6.70. The Bertz CT molecular complexity index is 538. The molecule has 0 aliphatic heterocycles. The Labute approximate surface area is 93.2 Å². The molecule has 14 heavy (non-hydrogen) atoms. The lowest BCUT2D eigenvalue weighted by molar-refractivity contribution is 1.06. The van der Waals surface area contributed by atoms with Crippen molar-refractivity contribution >= 4 is 38.4 Å². The standard InChI is InChI=1S/C9H6BrClN2O/c10-5-1-2-7-6(3-5)8(4-11)13-9(14)12-7/h1-3H,4H2,(H,12,13,14). The fraction of sp³-hybridized carbons (Fsp3) is 0.111. The highest BCUT2D eigenvalue weighted by atomic mass is 79.9. The zero-order valence-electron chi connectivity index (χ0n) is 7.05. The molecule has 0 fully saturated rings. The number of hydrogen-bond donors (Lipinski definition) is 1. The van der Waals surface area contributed by atoms with Crippen LogP contribution >= 0.6 is 27.5 Å². The van der Waals surface area contributed by atoms with Gasteiger partial charge in [-0.3, -0.25) is 0 Å². The first-order valence-electron chi connectivity index (χ1n) is 3.95. The fourth-order valence-corrected chi connectivity index (χ4v) is 1.86. The van der Waals surface area contributed by atoms with Gasteiger partial charge in [0.15, 0.2) is 0 Å². The summed E-state index contributed by atoms with van der Waals surface area (Å²) >= 11 is 9.07. The number of alkyl halides is 1. The van der Waals surface area contributed by atoms with E-state index in [0.29, 0.717) is 11.2 Å². The maximum absolute atomic E-state index is 11.1. The Balaban J connectivity index is 2.88. The normalized spacial score (nSPS) is 10.7. The van der Waals surface area contributed by atoms with Gasteiger partial charge in [-0.2, -0.15) is 4.98 Å². The molecule has 0 aliphatic carbocycles. The topological polar surface area (TPSA) is 45.8 Å². The largest absolute Gasteiger partial charge is 0.345 e. The van der Waals surface area contributed by atoms with Crippen LogP contribution in [0.3, 0.4) is 0 Å². The SMILES string of the molecule is O=c1nc2ccc(Br)cc2c(CCl)[nH]1. The summed E-state index contributed by atoms with van der Waals surface area (Å²) in [5.74, 6) is 0.269. The number of nitrogens with zero attached hydrogens (tertiary/aromatic N) is 1. The molecule has 0 spiro atoms. The summed E-state index contributed by atoms with van der Waals surface area (Å²) in [6.45, 7) is 0. The van der Waals surface area contributed by atoms with Crippen molar-refractivity contribution in [3.63, 3.8) is 0 Å². The van der Waals surface area contributed by atoms with Gasteiger partial charge in [-0.15, -0.1) is 11.6 Å². The molecular weight excluding hydrogens is 267 g/mol. The van der Waals surface area contributed by atoms with Crippen LogP contribution in [0.25, 0.3) is 10.9 Å².